The molecule has 10 heteroatoms. The van der Waals surface area contributed by atoms with Crippen LogP contribution in [-0.2, 0) is 9.53 Å². The second-order valence-electron chi connectivity index (χ2n) is 5.31. The van der Waals surface area contributed by atoms with E-state index in [2.05, 4.69) is 5.32 Å². The molecular formula is C17H14ClFN2O5S. The fraction of sp³-hybridized carbons (Fsp3) is 0.176. The molecule has 0 spiro atoms. The number of anilines is 1. The molecule has 0 saturated heterocycles. The number of amides is 1. The maximum absolute atomic E-state index is 13.3. The van der Waals surface area contributed by atoms with Gasteiger partial charge in [0.1, 0.15) is 0 Å². The van der Waals surface area contributed by atoms with Crippen molar-refractivity contribution in [2.24, 2.45) is 0 Å². The van der Waals surface area contributed by atoms with Gasteiger partial charge in [0.15, 0.2) is 6.10 Å². The lowest BCUT2D eigenvalue weighted by atomic mass is 10.2. The summed E-state index contributed by atoms with van der Waals surface area (Å²) in [7, 11) is 0. The average molecular weight is 413 g/mol. The van der Waals surface area contributed by atoms with E-state index in [1.807, 2.05) is 6.26 Å². The number of hydrogen-bond donors (Lipinski definition) is 1. The Morgan fingerprint density at radius 1 is 1.30 bits per heavy atom. The number of nitrogens with one attached hydrogen (secondary N) is 1. The van der Waals surface area contributed by atoms with E-state index in [-0.39, 0.29) is 16.3 Å². The molecule has 0 aliphatic carbocycles. The van der Waals surface area contributed by atoms with E-state index in [4.69, 9.17) is 16.3 Å². The molecule has 142 valence electrons. The third-order valence-corrected chi connectivity index (χ3v) is 4.51. The SMILES string of the molecule is CSc1ccc(Cl)c(C(=O)O[C@@H](C)C(=O)Nc2ccc(F)c([N+](=O)[O-])c2)c1. The van der Waals surface area contributed by atoms with Gasteiger partial charge in [-0.25, -0.2) is 4.79 Å². The zero-order valence-electron chi connectivity index (χ0n) is 14.2. The van der Waals surface area contributed by atoms with E-state index in [9.17, 15) is 24.1 Å². The zero-order chi connectivity index (χ0) is 20.1. The highest BCUT2D eigenvalue weighted by atomic mass is 35.5. The number of rotatable bonds is 6. The van der Waals surface area contributed by atoms with Gasteiger partial charge in [0.2, 0.25) is 5.82 Å². The maximum atomic E-state index is 13.3. The van der Waals surface area contributed by atoms with E-state index < -0.39 is 34.4 Å². The fourth-order valence-corrected chi connectivity index (χ4v) is 2.67. The van der Waals surface area contributed by atoms with Crippen molar-refractivity contribution in [3.05, 3.63) is 62.9 Å². The van der Waals surface area contributed by atoms with Gasteiger partial charge in [-0.15, -0.1) is 11.8 Å². The lowest BCUT2D eigenvalue weighted by Crippen LogP contribution is -2.30. The molecule has 0 bridgehead atoms. The lowest BCUT2D eigenvalue weighted by molar-refractivity contribution is -0.387. The molecule has 1 N–H and O–H groups in total. The van der Waals surface area contributed by atoms with Gasteiger partial charge >= 0.3 is 11.7 Å². The number of benzene rings is 2. The minimum Gasteiger partial charge on any atom is -0.449 e. The molecule has 0 saturated carbocycles. The number of carbonyl (C=O) groups excluding carboxylic acids is 2. The zero-order valence-corrected chi connectivity index (χ0v) is 15.8. The molecule has 2 rings (SSSR count). The Labute approximate surface area is 163 Å². The van der Waals surface area contributed by atoms with Crippen LogP contribution in [0.25, 0.3) is 0 Å². The second-order valence-corrected chi connectivity index (χ2v) is 6.59. The van der Waals surface area contributed by atoms with E-state index in [0.717, 1.165) is 23.1 Å². The molecule has 0 unspecified atom stereocenters. The van der Waals surface area contributed by atoms with E-state index in [1.54, 1.807) is 18.2 Å². The summed E-state index contributed by atoms with van der Waals surface area (Å²) >= 11 is 7.40. The van der Waals surface area contributed by atoms with Gasteiger partial charge in [0.05, 0.1) is 15.5 Å². The molecule has 0 heterocycles. The van der Waals surface area contributed by atoms with Crippen LogP contribution in [-0.4, -0.2) is 29.2 Å². The summed E-state index contributed by atoms with van der Waals surface area (Å²) in [6.45, 7) is 1.33. The van der Waals surface area contributed by atoms with Crippen LogP contribution < -0.4 is 5.32 Å². The summed E-state index contributed by atoms with van der Waals surface area (Å²) in [6.07, 6.45) is 0.617. The standard InChI is InChI=1S/C17H14ClFN2O5S/c1-9(26-17(23)12-8-11(27-2)4-5-13(12)18)16(22)20-10-3-6-14(19)15(7-10)21(24)25/h3-9H,1-2H3,(H,20,22)/t9-/m0/s1. The maximum Gasteiger partial charge on any atom is 0.340 e. The third kappa shape index (κ3) is 5.18. The molecule has 1 atom stereocenters. The monoisotopic (exact) mass is 412 g/mol. The van der Waals surface area contributed by atoms with Gasteiger partial charge in [-0.2, -0.15) is 4.39 Å². The van der Waals surface area contributed by atoms with Crippen LogP contribution in [0.2, 0.25) is 5.02 Å². The van der Waals surface area contributed by atoms with Gasteiger partial charge in [0.25, 0.3) is 5.91 Å². The predicted molar refractivity (Wildman–Crippen MR) is 99.8 cm³/mol. The molecule has 0 aliphatic heterocycles. The van der Waals surface area contributed by atoms with Gasteiger partial charge in [0, 0.05) is 16.6 Å². The first-order valence-electron chi connectivity index (χ1n) is 7.52. The van der Waals surface area contributed by atoms with Crippen LogP contribution >= 0.6 is 23.4 Å². The summed E-state index contributed by atoms with van der Waals surface area (Å²) < 4.78 is 18.4. The van der Waals surface area contributed by atoms with Crippen LogP contribution in [0.5, 0.6) is 0 Å². The molecule has 2 aromatic rings. The van der Waals surface area contributed by atoms with Gasteiger partial charge in [-0.05, 0) is 43.5 Å². The number of ether oxygens (including phenoxy) is 1. The highest BCUT2D eigenvalue weighted by Crippen LogP contribution is 2.25. The number of nitrogens with zero attached hydrogens (tertiary/aromatic N) is 1. The van der Waals surface area contributed by atoms with Crippen molar-refractivity contribution in [3.63, 3.8) is 0 Å². The van der Waals surface area contributed by atoms with E-state index >= 15 is 0 Å². The number of nitro benzene ring substituents is 1. The minimum atomic E-state index is -1.21. The van der Waals surface area contributed by atoms with Crippen LogP contribution in [0, 0.1) is 15.9 Å². The molecule has 0 aliphatic rings. The molecule has 2 aromatic carbocycles. The van der Waals surface area contributed by atoms with Crippen molar-refractivity contribution in [2.45, 2.75) is 17.9 Å². The van der Waals surface area contributed by atoms with Crippen molar-refractivity contribution < 1.29 is 23.6 Å². The Morgan fingerprint density at radius 3 is 2.63 bits per heavy atom. The number of carbonyl (C=O) groups is 2. The summed E-state index contributed by atoms with van der Waals surface area (Å²) in [4.78, 5) is 35.1. The number of esters is 1. The van der Waals surface area contributed by atoms with Gasteiger partial charge in [-0.3, -0.25) is 14.9 Å². The molecule has 7 nitrogen and oxygen atoms in total. The molecular weight excluding hydrogens is 399 g/mol. The van der Waals surface area contributed by atoms with Crippen LogP contribution in [0.4, 0.5) is 15.8 Å². The summed E-state index contributed by atoms with van der Waals surface area (Å²) in [5.41, 5.74) is -0.669. The van der Waals surface area contributed by atoms with E-state index in [0.29, 0.717) is 0 Å². The van der Waals surface area contributed by atoms with Crippen molar-refractivity contribution in [2.75, 3.05) is 11.6 Å². The first-order chi connectivity index (χ1) is 12.7. The average Bonchev–Trinajstić information content (AvgIpc) is 2.63. The summed E-state index contributed by atoms with van der Waals surface area (Å²) in [6, 6.07) is 7.73. The quantitative estimate of drug-likeness (QED) is 0.329. The predicted octanol–water partition coefficient (Wildman–Crippen LogP) is 4.29. The van der Waals surface area contributed by atoms with Gasteiger partial charge in [-0.1, -0.05) is 11.6 Å². The number of nitro groups is 1. The normalized spacial score (nSPS) is 11.6. The Morgan fingerprint density at radius 2 is 2.00 bits per heavy atom. The Bertz CT molecular complexity index is 909. The number of thioether (sulfide) groups is 1. The van der Waals surface area contributed by atoms with Crippen LogP contribution in [0.15, 0.2) is 41.3 Å². The first kappa shape index (κ1) is 20.7. The molecule has 0 aromatic heterocycles. The van der Waals surface area contributed by atoms with Crippen molar-refractivity contribution in [1.29, 1.82) is 0 Å². The van der Waals surface area contributed by atoms with Gasteiger partial charge < -0.3 is 10.1 Å². The first-order valence-corrected chi connectivity index (χ1v) is 9.12. The highest BCUT2D eigenvalue weighted by molar-refractivity contribution is 7.98. The van der Waals surface area contributed by atoms with Crippen LogP contribution in [0.3, 0.4) is 0 Å². The molecule has 0 radical (unpaired) electrons. The fourth-order valence-electron chi connectivity index (χ4n) is 2.04. The Balaban J connectivity index is 2.09. The Kier molecular flexibility index (Phi) is 6.75. The molecule has 27 heavy (non-hydrogen) atoms. The topological polar surface area (TPSA) is 98.5 Å². The number of hydrogen-bond acceptors (Lipinski definition) is 6. The second kappa shape index (κ2) is 8.83. The minimum absolute atomic E-state index is 0.00147. The molecule has 0 fully saturated rings. The summed E-state index contributed by atoms with van der Waals surface area (Å²) in [5.74, 6) is -2.55. The van der Waals surface area contributed by atoms with Crippen molar-refractivity contribution >= 4 is 46.6 Å². The van der Waals surface area contributed by atoms with Crippen molar-refractivity contribution in [1.82, 2.24) is 0 Å². The number of halogens is 2. The third-order valence-electron chi connectivity index (χ3n) is 3.46. The highest BCUT2D eigenvalue weighted by Gasteiger charge is 2.22. The largest absolute Gasteiger partial charge is 0.449 e. The Hall–Kier alpha value is -2.65. The summed E-state index contributed by atoms with van der Waals surface area (Å²) in [5, 5.41) is 13.3. The van der Waals surface area contributed by atoms with E-state index in [1.165, 1.54) is 18.7 Å². The smallest absolute Gasteiger partial charge is 0.340 e. The lowest BCUT2D eigenvalue weighted by Gasteiger charge is -2.14. The molecule has 1 amide bonds. The van der Waals surface area contributed by atoms with Crippen LogP contribution in [0.1, 0.15) is 17.3 Å². The van der Waals surface area contributed by atoms with Crippen molar-refractivity contribution in [3.8, 4) is 0 Å².